The molecule has 2 heterocycles. The normalized spacial score (nSPS) is 19.5. The summed E-state index contributed by atoms with van der Waals surface area (Å²) < 4.78 is 33.8. The number of hydrogen-bond acceptors (Lipinski definition) is 4. The highest BCUT2D eigenvalue weighted by molar-refractivity contribution is 7.89. The van der Waals surface area contributed by atoms with Crippen LogP contribution in [0.4, 0.5) is 5.69 Å². The molecule has 1 aromatic heterocycles. The number of hydrogen-bond donors (Lipinski definition) is 1. The van der Waals surface area contributed by atoms with Crippen molar-refractivity contribution in [3.05, 3.63) is 47.9 Å². The van der Waals surface area contributed by atoms with E-state index in [1.54, 1.807) is 30.5 Å². The first-order chi connectivity index (χ1) is 13.2. The summed E-state index contributed by atoms with van der Waals surface area (Å²) in [6.07, 6.45) is 3.96. The van der Waals surface area contributed by atoms with Crippen molar-refractivity contribution in [1.29, 1.82) is 0 Å². The molecule has 0 spiro atoms. The Balaban J connectivity index is 1.58. The molecule has 4 rings (SSSR count). The van der Waals surface area contributed by atoms with Crippen LogP contribution < -0.4 is 9.62 Å². The average Bonchev–Trinajstić information content (AvgIpc) is 3.29. The minimum absolute atomic E-state index is 0.134. The van der Waals surface area contributed by atoms with Crippen LogP contribution in [0.5, 0.6) is 0 Å². The molecule has 1 N–H and O–H groups in total. The summed E-state index contributed by atoms with van der Waals surface area (Å²) in [7, 11) is -3.67. The number of nitrogens with zero attached hydrogens (tertiary/aromatic N) is 1. The summed E-state index contributed by atoms with van der Waals surface area (Å²) in [6.45, 7) is 6.50. The molecule has 2 aliphatic rings. The van der Waals surface area contributed by atoms with E-state index < -0.39 is 10.0 Å². The van der Waals surface area contributed by atoms with E-state index in [1.165, 1.54) is 0 Å². The van der Waals surface area contributed by atoms with Gasteiger partial charge in [-0.05, 0) is 55.7 Å². The number of benzene rings is 1. The van der Waals surface area contributed by atoms with E-state index in [1.807, 2.05) is 17.9 Å². The van der Waals surface area contributed by atoms with Gasteiger partial charge >= 0.3 is 0 Å². The molecule has 0 saturated heterocycles. The summed E-state index contributed by atoms with van der Waals surface area (Å²) in [5, 5.41) is 0. The zero-order chi connectivity index (χ0) is 20.1. The summed E-state index contributed by atoms with van der Waals surface area (Å²) >= 11 is 0. The van der Waals surface area contributed by atoms with Gasteiger partial charge in [-0.2, -0.15) is 0 Å². The molecule has 1 aliphatic carbocycles. The van der Waals surface area contributed by atoms with Crippen molar-refractivity contribution in [1.82, 2.24) is 4.72 Å². The summed E-state index contributed by atoms with van der Waals surface area (Å²) in [5.74, 6) is 1.03. The van der Waals surface area contributed by atoms with Crippen LogP contribution in [0, 0.1) is 5.92 Å². The van der Waals surface area contributed by atoms with Crippen LogP contribution in [0.15, 0.2) is 45.9 Å². The van der Waals surface area contributed by atoms with E-state index in [4.69, 9.17) is 4.42 Å². The molecule has 7 heteroatoms. The lowest BCUT2D eigenvalue weighted by atomic mass is 9.87. The third-order valence-electron chi connectivity index (χ3n) is 5.49. The van der Waals surface area contributed by atoms with Crippen LogP contribution in [0.1, 0.15) is 44.9 Å². The molecule has 1 amide bonds. The van der Waals surface area contributed by atoms with E-state index in [2.05, 4.69) is 18.6 Å². The lowest BCUT2D eigenvalue weighted by Crippen LogP contribution is -2.34. The summed E-state index contributed by atoms with van der Waals surface area (Å²) in [4.78, 5) is 14.7. The number of rotatable bonds is 6. The van der Waals surface area contributed by atoms with Gasteiger partial charge in [-0.3, -0.25) is 4.79 Å². The number of carbonyl (C=O) groups is 1. The van der Waals surface area contributed by atoms with Crippen LogP contribution in [0.2, 0.25) is 0 Å². The second kappa shape index (κ2) is 6.74. The van der Waals surface area contributed by atoms with Crippen LogP contribution in [-0.4, -0.2) is 26.9 Å². The van der Waals surface area contributed by atoms with Crippen LogP contribution in [-0.2, 0) is 26.7 Å². The first kappa shape index (κ1) is 19.2. The van der Waals surface area contributed by atoms with E-state index in [9.17, 15) is 13.2 Å². The number of amides is 1. The van der Waals surface area contributed by atoms with Crippen molar-refractivity contribution in [2.24, 2.45) is 5.92 Å². The predicted molar refractivity (Wildman–Crippen MR) is 107 cm³/mol. The second-order valence-corrected chi connectivity index (χ2v) is 10.3. The molecule has 28 heavy (non-hydrogen) atoms. The molecule has 1 fully saturated rings. The van der Waals surface area contributed by atoms with Gasteiger partial charge in [0.15, 0.2) is 0 Å². The molecule has 2 aromatic rings. The van der Waals surface area contributed by atoms with E-state index in [-0.39, 0.29) is 28.2 Å². The van der Waals surface area contributed by atoms with Gasteiger partial charge in [0.05, 0.1) is 11.2 Å². The average molecular weight is 403 g/mol. The maximum absolute atomic E-state index is 12.9. The third-order valence-corrected chi connectivity index (χ3v) is 7.08. The Labute approximate surface area is 166 Å². The van der Waals surface area contributed by atoms with Crippen LogP contribution in [0.3, 0.4) is 0 Å². The Kier molecular flexibility index (Phi) is 4.62. The van der Waals surface area contributed by atoms with E-state index in [0.717, 1.165) is 29.9 Å². The number of sulfonamides is 1. The van der Waals surface area contributed by atoms with Crippen molar-refractivity contribution >= 4 is 21.6 Å². The van der Waals surface area contributed by atoms with Crippen molar-refractivity contribution in [3.63, 3.8) is 0 Å². The molecule has 1 unspecified atom stereocenters. The Morgan fingerprint density at radius 2 is 2.07 bits per heavy atom. The Bertz CT molecular complexity index is 991. The fourth-order valence-corrected chi connectivity index (χ4v) is 5.15. The van der Waals surface area contributed by atoms with Crippen molar-refractivity contribution in [2.45, 2.75) is 56.4 Å². The van der Waals surface area contributed by atoms with Crippen LogP contribution >= 0.6 is 0 Å². The topological polar surface area (TPSA) is 79.6 Å². The third kappa shape index (κ3) is 3.61. The standard InChI is InChI=1S/C21H26N2O4S/c1-14(11-16-5-4-10-27-16)22-28(25,26)17-8-9-19-18(12-17)21(2,3)13-23(19)20(24)15-6-7-15/h4-5,8-10,12,14-15,22H,6-7,11,13H2,1-3H3. The second-order valence-electron chi connectivity index (χ2n) is 8.57. The van der Waals surface area contributed by atoms with Gasteiger partial charge in [0.1, 0.15) is 5.76 Å². The minimum Gasteiger partial charge on any atom is -0.469 e. The Morgan fingerprint density at radius 1 is 1.32 bits per heavy atom. The fourth-order valence-electron chi connectivity index (χ4n) is 3.88. The highest BCUT2D eigenvalue weighted by Gasteiger charge is 2.43. The first-order valence-corrected chi connectivity index (χ1v) is 11.2. The Hall–Kier alpha value is -2.12. The molecule has 0 bridgehead atoms. The highest BCUT2D eigenvalue weighted by Crippen LogP contribution is 2.44. The van der Waals surface area contributed by atoms with Gasteiger partial charge in [0.25, 0.3) is 0 Å². The monoisotopic (exact) mass is 402 g/mol. The molecule has 1 aromatic carbocycles. The van der Waals surface area contributed by atoms with Crippen molar-refractivity contribution in [3.8, 4) is 0 Å². The zero-order valence-corrected chi connectivity index (χ0v) is 17.3. The predicted octanol–water partition coefficient (Wildman–Crippen LogP) is 3.22. The number of nitrogens with one attached hydrogen (secondary N) is 1. The lowest BCUT2D eigenvalue weighted by molar-refractivity contribution is -0.119. The van der Waals surface area contributed by atoms with Gasteiger partial charge in [-0.25, -0.2) is 13.1 Å². The first-order valence-electron chi connectivity index (χ1n) is 9.68. The smallest absolute Gasteiger partial charge is 0.240 e. The molecule has 0 radical (unpaired) electrons. The van der Waals surface area contributed by atoms with E-state index >= 15 is 0 Å². The summed E-state index contributed by atoms with van der Waals surface area (Å²) in [6, 6.07) is 8.40. The van der Waals surface area contributed by atoms with Gasteiger partial charge in [-0.15, -0.1) is 0 Å². The zero-order valence-electron chi connectivity index (χ0n) is 16.4. The number of carbonyl (C=O) groups excluding carboxylic acids is 1. The molecule has 1 aliphatic heterocycles. The van der Waals surface area contributed by atoms with Gasteiger partial charge in [0, 0.05) is 36.0 Å². The molecule has 1 saturated carbocycles. The number of fused-ring (bicyclic) bond motifs is 1. The maximum Gasteiger partial charge on any atom is 0.240 e. The summed E-state index contributed by atoms with van der Waals surface area (Å²) in [5.41, 5.74) is 1.46. The largest absolute Gasteiger partial charge is 0.469 e. The molecular formula is C21H26N2O4S. The Morgan fingerprint density at radius 3 is 2.71 bits per heavy atom. The fraction of sp³-hybridized carbons (Fsp3) is 0.476. The molecular weight excluding hydrogens is 376 g/mol. The van der Waals surface area contributed by atoms with E-state index in [0.29, 0.717) is 13.0 Å². The molecule has 1 atom stereocenters. The van der Waals surface area contributed by atoms with Gasteiger partial charge < -0.3 is 9.32 Å². The minimum atomic E-state index is -3.67. The number of furan rings is 1. The SMILES string of the molecule is CC(Cc1ccco1)NS(=O)(=O)c1ccc2c(c1)C(C)(C)CN2C(=O)C1CC1. The molecule has 6 nitrogen and oxygen atoms in total. The van der Waals surface area contributed by atoms with Crippen molar-refractivity contribution < 1.29 is 17.6 Å². The van der Waals surface area contributed by atoms with Crippen LogP contribution in [0.25, 0.3) is 0 Å². The molecule has 150 valence electrons. The maximum atomic E-state index is 12.9. The van der Waals surface area contributed by atoms with Crippen molar-refractivity contribution in [2.75, 3.05) is 11.4 Å². The highest BCUT2D eigenvalue weighted by atomic mass is 32.2. The van der Waals surface area contributed by atoms with Gasteiger partial charge in [0.2, 0.25) is 15.9 Å². The van der Waals surface area contributed by atoms with Gasteiger partial charge in [-0.1, -0.05) is 13.8 Å². The quantitative estimate of drug-likeness (QED) is 0.805. The lowest BCUT2D eigenvalue weighted by Gasteiger charge is -2.20. The number of anilines is 1.